The minimum absolute atomic E-state index is 0.113. The van der Waals surface area contributed by atoms with Gasteiger partial charge in [-0.25, -0.2) is 0 Å². The maximum Gasteiger partial charge on any atom is 0.307 e. The van der Waals surface area contributed by atoms with Gasteiger partial charge >= 0.3 is 5.97 Å². The van der Waals surface area contributed by atoms with E-state index in [4.69, 9.17) is 37.9 Å². The Hall–Kier alpha value is -1.97. The molecule has 1 amide bonds. The number of hydrogen-bond donors (Lipinski definition) is 0. The van der Waals surface area contributed by atoms with Gasteiger partial charge in [0.15, 0.2) is 0 Å². The van der Waals surface area contributed by atoms with Crippen molar-refractivity contribution in [3.63, 3.8) is 0 Å². The van der Waals surface area contributed by atoms with Gasteiger partial charge in [-0.3, -0.25) is 9.59 Å². The van der Waals surface area contributed by atoms with Gasteiger partial charge in [0.05, 0.1) is 37.1 Å². The third-order valence-corrected chi connectivity index (χ3v) is 3.95. The number of hydrogen-bond acceptors (Lipinski definition) is 5. The van der Waals surface area contributed by atoms with Crippen molar-refractivity contribution in [2.24, 2.45) is 0 Å². The summed E-state index contributed by atoms with van der Waals surface area (Å²) in [5.41, 5.74) is 0. The highest BCUT2D eigenvalue weighted by atomic mass is 35.5. The van der Waals surface area contributed by atoms with Crippen LogP contribution in [0.25, 0.3) is 0 Å². The second-order valence-electron chi connectivity index (χ2n) is 5.37. The van der Waals surface area contributed by atoms with Crippen LogP contribution in [0.15, 0.2) is 18.2 Å². The van der Waals surface area contributed by atoms with E-state index in [1.54, 1.807) is 25.1 Å². The number of rotatable bonds is 11. The molecule has 0 N–H and O–H groups in total. The van der Waals surface area contributed by atoms with Gasteiger partial charge in [-0.1, -0.05) is 23.2 Å². The van der Waals surface area contributed by atoms with Crippen LogP contribution in [-0.4, -0.2) is 43.1 Å². The van der Waals surface area contributed by atoms with E-state index in [-0.39, 0.29) is 37.7 Å². The highest BCUT2D eigenvalue weighted by Gasteiger charge is 2.15. The van der Waals surface area contributed by atoms with Crippen LogP contribution in [0.5, 0.6) is 5.75 Å². The van der Waals surface area contributed by atoms with Crippen molar-refractivity contribution in [3.05, 3.63) is 28.2 Å². The number of halogens is 2. The molecule has 8 heteroatoms. The molecule has 0 aliphatic carbocycles. The molecule has 142 valence electrons. The van der Waals surface area contributed by atoms with Gasteiger partial charge < -0.3 is 14.4 Å². The first-order valence-corrected chi connectivity index (χ1v) is 9.11. The summed E-state index contributed by atoms with van der Waals surface area (Å²) in [6.07, 6.45) is 1.06. The van der Waals surface area contributed by atoms with Gasteiger partial charge in [-0.05, 0) is 31.5 Å². The average Bonchev–Trinajstić information content (AvgIpc) is 2.60. The monoisotopic (exact) mass is 400 g/mol. The lowest BCUT2D eigenvalue weighted by Crippen LogP contribution is -2.34. The minimum Gasteiger partial charge on any atom is -0.492 e. The smallest absolute Gasteiger partial charge is 0.307 e. The highest BCUT2D eigenvalue weighted by Crippen LogP contribution is 2.27. The lowest BCUT2D eigenvalue weighted by atomic mass is 10.2. The van der Waals surface area contributed by atoms with E-state index in [0.717, 1.165) is 0 Å². The molecular formula is C18H22Cl2N2O4. The molecule has 0 heterocycles. The fourth-order valence-electron chi connectivity index (χ4n) is 2.16. The van der Waals surface area contributed by atoms with Crippen molar-refractivity contribution in [2.45, 2.75) is 32.6 Å². The van der Waals surface area contributed by atoms with Crippen LogP contribution in [-0.2, 0) is 14.3 Å². The third-order valence-electron chi connectivity index (χ3n) is 3.42. The molecule has 1 rings (SSSR count). The zero-order valence-corrected chi connectivity index (χ0v) is 16.2. The Bertz CT molecular complexity index is 647. The lowest BCUT2D eigenvalue weighted by molar-refractivity contribution is -0.144. The maximum atomic E-state index is 12.3. The van der Waals surface area contributed by atoms with E-state index in [0.29, 0.717) is 42.0 Å². The number of nitrogens with zero attached hydrogens (tertiary/aromatic N) is 2. The number of benzene rings is 1. The molecule has 0 aromatic heterocycles. The molecule has 0 fully saturated rings. The first-order chi connectivity index (χ1) is 12.5. The Morgan fingerprint density at radius 2 is 2.00 bits per heavy atom. The predicted octanol–water partition coefficient (Wildman–Crippen LogP) is 3.85. The number of amides is 1. The summed E-state index contributed by atoms with van der Waals surface area (Å²) in [7, 11) is 0. The maximum absolute atomic E-state index is 12.3. The minimum atomic E-state index is -0.358. The first kappa shape index (κ1) is 22.1. The molecule has 0 radical (unpaired) electrons. The second kappa shape index (κ2) is 12.4. The molecule has 0 aliphatic heterocycles. The summed E-state index contributed by atoms with van der Waals surface area (Å²) in [4.78, 5) is 25.3. The zero-order valence-electron chi connectivity index (χ0n) is 14.7. The van der Waals surface area contributed by atoms with Gasteiger partial charge in [0.1, 0.15) is 5.75 Å². The number of carbonyl (C=O) groups excluding carboxylic acids is 2. The molecule has 6 nitrogen and oxygen atoms in total. The molecular weight excluding hydrogens is 379 g/mol. The first-order valence-electron chi connectivity index (χ1n) is 8.36. The quantitative estimate of drug-likeness (QED) is 0.416. The van der Waals surface area contributed by atoms with Crippen molar-refractivity contribution in [3.8, 4) is 11.8 Å². The van der Waals surface area contributed by atoms with E-state index >= 15 is 0 Å². The summed E-state index contributed by atoms with van der Waals surface area (Å²) in [5.74, 6) is 0.0190. The van der Waals surface area contributed by atoms with Crippen LogP contribution in [0.2, 0.25) is 10.0 Å². The van der Waals surface area contributed by atoms with Gasteiger partial charge in [0, 0.05) is 24.5 Å². The van der Waals surface area contributed by atoms with Crippen molar-refractivity contribution in [1.82, 2.24) is 4.90 Å². The average molecular weight is 401 g/mol. The summed E-state index contributed by atoms with van der Waals surface area (Å²) < 4.78 is 10.4. The molecule has 0 saturated carbocycles. The summed E-state index contributed by atoms with van der Waals surface area (Å²) in [6.45, 7) is 2.87. The summed E-state index contributed by atoms with van der Waals surface area (Å²) >= 11 is 11.8. The van der Waals surface area contributed by atoms with Crippen LogP contribution in [0, 0.1) is 11.3 Å². The molecule has 0 atom stereocenters. The van der Waals surface area contributed by atoms with E-state index in [1.807, 2.05) is 6.07 Å². The molecule has 0 bridgehead atoms. The van der Waals surface area contributed by atoms with E-state index in [1.165, 1.54) is 4.90 Å². The predicted molar refractivity (Wildman–Crippen MR) is 99.3 cm³/mol. The Morgan fingerprint density at radius 1 is 1.23 bits per heavy atom. The molecule has 0 spiro atoms. The molecule has 0 saturated heterocycles. The van der Waals surface area contributed by atoms with E-state index in [2.05, 4.69) is 0 Å². The molecule has 26 heavy (non-hydrogen) atoms. The Kier molecular flexibility index (Phi) is 10.5. The molecule has 0 aliphatic rings. The third kappa shape index (κ3) is 8.41. The fourth-order valence-corrected chi connectivity index (χ4v) is 2.62. The van der Waals surface area contributed by atoms with Crippen molar-refractivity contribution in [1.29, 1.82) is 5.26 Å². The van der Waals surface area contributed by atoms with Crippen LogP contribution < -0.4 is 4.74 Å². The van der Waals surface area contributed by atoms with Crippen LogP contribution in [0.1, 0.15) is 32.6 Å². The second-order valence-corrected chi connectivity index (χ2v) is 6.21. The van der Waals surface area contributed by atoms with Crippen molar-refractivity contribution >= 4 is 35.1 Å². The van der Waals surface area contributed by atoms with Crippen molar-refractivity contribution in [2.75, 3.05) is 26.3 Å². The summed E-state index contributed by atoms with van der Waals surface area (Å²) in [6, 6.07) is 6.94. The lowest BCUT2D eigenvalue weighted by Gasteiger charge is -2.21. The Morgan fingerprint density at radius 3 is 2.65 bits per heavy atom. The van der Waals surface area contributed by atoms with Gasteiger partial charge in [-0.2, -0.15) is 5.26 Å². The fraction of sp³-hybridized carbons (Fsp3) is 0.500. The molecule has 1 aromatic rings. The Balaban J connectivity index is 2.42. The highest BCUT2D eigenvalue weighted by molar-refractivity contribution is 6.35. The zero-order chi connectivity index (χ0) is 19.4. The summed E-state index contributed by atoms with van der Waals surface area (Å²) in [5, 5.41) is 9.65. The number of esters is 1. The number of ether oxygens (including phenoxy) is 2. The Labute approximate surface area is 163 Å². The van der Waals surface area contributed by atoms with E-state index < -0.39 is 0 Å². The van der Waals surface area contributed by atoms with E-state index in [9.17, 15) is 9.59 Å². The van der Waals surface area contributed by atoms with Crippen molar-refractivity contribution < 1.29 is 19.1 Å². The van der Waals surface area contributed by atoms with Gasteiger partial charge in [-0.15, -0.1) is 0 Å². The normalized spacial score (nSPS) is 10.1. The number of nitriles is 1. The van der Waals surface area contributed by atoms with Crippen LogP contribution in [0.3, 0.4) is 0 Å². The standard InChI is InChI=1S/C18H22Cl2N2O4/c1-2-25-18(24)8-11-22(10-4-9-21)17(23)5-3-12-26-16-7-6-14(19)13-15(16)20/h6-7,13H,2-5,8,10-12H2,1H3. The molecule has 0 unspecified atom stereocenters. The van der Waals surface area contributed by atoms with Crippen LogP contribution in [0.4, 0.5) is 0 Å². The topological polar surface area (TPSA) is 79.6 Å². The largest absolute Gasteiger partial charge is 0.492 e. The number of carbonyl (C=O) groups is 2. The SMILES string of the molecule is CCOC(=O)CCN(CCC#N)C(=O)CCCOc1ccc(Cl)cc1Cl. The van der Waals surface area contributed by atoms with Gasteiger partial charge in [0.2, 0.25) is 5.91 Å². The van der Waals surface area contributed by atoms with Gasteiger partial charge in [0.25, 0.3) is 0 Å². The molecule has 1 aromatic carbocycles. The van der Waals surface area contributed by atoms with Crippen LogP contribution >= 0.6 is 23.2 Å².